The number of rotatable bonds is 2. The molecular formula is C15H15F2N3S. The molecule has 2 aromatic rings. The highest BCUT2D eigenvalue weighted by molar-refractivity contribution is 7.10. The molecule has 0 radical (unpaired) electrons. The molecule has 0 saturated heterocycles. The van der Waals surface area contributed by atoms with Gasteiger partial charge in [0, 0.05) is 17.0 Å². The van der Waals surface area contributed by atoms with Crippen LogP contribution >= 0.6 is 11.3 Å². The monoisotopic (exact) mass is 307 g/mol. The molecule has 1 unspecified atom stereocenters. The van der Waals surface area contributed by atoms with Gasteiger partial charge in [0.15, 0.2) is 0 Å². The van der Waals surface area contributed by atoms with Crippen LogP contribution in [0.5, 0.6) is 0 Å². The Bertz CT molecular complexity index is 688. The van der Waals surface area contributed by atoms with Gasteiger partial charge in [0.25, 0.3) is 0 Å². The van der Waals surface area contributed by atoms with E-state index in [1.54, 1.807) is 16.2 Å². The minimum atomic E-state index is -0.675. The lowest BCUT2D eigenvalue weighted by Crippen LogP contribution is -2.34. The zero-order chi connectivity index (χ0) is 15.1. The Morgan fingerprint density at radius 3 is 2.67 bits per heavy atom. The standard InChI is InChI=1S/C15H15F2N3S/c1-8-10-3-5-21-13(10)2-4-20(8)14-11(16)6-9(15(18)19)7-12(14)17/h3,5-8H,2,4H2,1H3,(H3,18,19). The fraction of sp³-hybridized carbons (Fsp3) is 0.267. The number of nitrogens with two attached hydrogens (primary N) is 1. The number of hydrogen-bond acceptors (Lipinski definition) is 3. The van der Waals surface area contributed by atoms with E-state index >= 15 is 0 Å². The Morgan fingerprint density at radius 1 is 1.38 bits per heavy atom. The first-order chi connectivity index (χ1) is 9.99. The van der Waals surface area contributed by atoms with Crippen molar-refractivity contribution >= 4 is 22.9 Å². The first-order valence-corrected chi connectivity index (χ1v) is 7.53. The van der Waals surface area contributed by atoms with Crippen molar-refractivity contribution in [1.29, 1.82) is 5.41 Å². The van der Waals surface area contributed by atoms with Crippen molar-refractivity contribution in [2.75, 3.05) is 11.4 Å². The largest absolute Gasteiger partial charge is 0.384 e. The quantitative estimate of drug-likeness (QED) is 0.659. The summed E-state index contributed by atoms with van der Waals surface area (Å²) in [6.07, 6.45) is 0.782. The van der Waals surface area contributed by atoms with Gasteiger partial charge in [-0.1, -0.05) is 0 Å². The number of anilines is 1. The maximum atomic E-state index is 14.3. The molecule has 1 aliphatic heterocycles. The van der Waals surface area contributed by atoms with E-state index in [1.807, 2.05) is 18.4 Å². The Balaban J connectivity index is 2.04. The molecule has 3 N–H and O–H groups in total. The average molecular weight is 307 g/mol. The topological polar surface area (TPSA) is 53.1 Å². The van der Waals surface area contributed by atoms with E-state index in [0.717, 1.165) is 24.1 Å². The molecule has 21 heavy (non-hydrogen) atoms. The summed E-state index contributed by atoms with van der Waals surface area (Å²) in [5.74, 6) is -1.69. The zero-order valence-corrected chi connectivity index (χ0v) is 12.3. The van der Waals surface area contributed by atoms with Gasteiger partial charge < -0.3 is 10.6 Å². The SMILES string of the molecule is CC1c2ccsc2CCN1c1c(F)cc(C(=N)N)cc1F. The molecule has 1 atom stereocenters. The van der Waals surface area contributed by atoms with Crippen LogP contribution in [0.2, 0.25) is 0 Å². The lowest BCUT2D eigenvalue weighted by molar-refractivity contribution is 0.542. The van der Waals surface area contributed by atoms with Gasteiger partial charge in [-0.15, -0.1) is 11.3 Å². The van der Waals surface area contributed by atoms with Crippen molar-refractivity contribution in [3.8, 4) is 0 Å². The summed E-state index contributed by atoms with van der Waals surface area (Å²) >= 11 is 1.68. The Kier molecular flexibility index (Phi) is 3.41. The second-order valence-electron chi connectivity index (χ2n) is 5.12. The first kappa shape index (κ1) is 14.0. The van der Waals surface area contributed by atoms with Crippen molar-refractivity contribution in [3.05, 3.63) is 51.2 Å². The highest BCUT2D eigenvalue weighted by Crippen LogP contribution is 2.38. The number of amidine groups is 1. The van der Waals surface area contributed by atoms with Crippen LogP contribution in [0.4, 0.5) is 14.5 Å². The van der Waals surface area contributed by atoms with Crippen molar-refractivity contribution < 1.29 is 8.78 Å². The molecule has 0 fully saturated rings. The van der Waals surface area contributed by atoms with Gasteiger partial charge in [0.2, 0.25) is 0 Å². The summed E-state index contributed by atoms with van der Waals surface area (Å²) in [5, 5.41) is 9.30. The molecule has 1 aromatic heterocycles. The van der Waals surface area contributed by atoms with Crippen molar-refractivity contribution in [2.45, 2.75) is 19.4 Å². The number of hydrogen-bond donors (Lipinski definition) is 2. The summed E-state index contributed by atoms with van der Waals surface area (Å²) in [6.45, 7) is 2.52. The van der Waals surface area contributed by atoms with E-state index in [1.165, 1.54) is 4.88 Å². The number of nitrogens with zero attached hydrogens (tertiary/aromatic N) is 1. The van der Waals surface area contributed by atoms with Crippen LogP contribution in [0.25, 0.3) is 0 Å². The van der Waals surface area contributed by atoms with Gasteiger partial charge in [0.1, 0.15) is 23.2 Å². The third-order valence-corrected chi connectivity index (χ3v) is 4.89. The molecule has 0 saturated carbocycles. The lowest BCUT2D eigenvalue weighted by Gasteiger charge is -2.36. The minimum absolute atomic E-state index is 0.0376. The van der Waals surface area contributed by atoms with Gasteiger partial charge in [-0.2, -0.15) is 0 Å². The Labute approximate surface area is 125 Å². The summed E-state index contributed by atoms with van der Waals surface area (Å²) in [6, 6.07) is 4.18. The van der Waals surface area contributed by atoms with Crippen molar-refractivity contribution in [2.24, 2.45) is 5.73 Å². The first-order valence-electron chi connectivity index (χ1n) is 6.65. The fourth-order valence-electron chi connectivity index (χ4n) is 2.81. The smallest absolute Gasteiger partial charge is 0.150 e. The summed E-state index contributed by atoms with van der Waals surface area (Å²) < 4.78 is 28.6. The van der Waals surface area contributed by atoms with Crippen LogP contribution in [-0.4, -0.2) is 12.4 Å². The van der Waals surface area contributed by atoms with E-state index in [9.17, 15) is 8.78 Å². The molecule has 2 heterocycles. The third-order valence-electron chi connectivity index (χ3n) is 3.89. The summed E-state index contributed by atoms with van der Waals surface area (Å²) in [5.41, 5.74) is 6.45. The van der Waals surface area contributed by atoms with Gasteiger partial charge in [-0.25, -0.2) is 8.78 Å². The van der Waals surface area contributed by atoms with Crippen LogP contribution in [0.1, 0.15) is 29.0 Å². The summed E-state index contributed by atoms with van der Waals surface area (Å²) in [7, 11) is 0. The minimum Gasteiger partial charge on any atom is -0.384 e. The highest BCUT2D eigenvalue weighted by Gasteiger charge is 2.29. The molecular weight excluding hydrogens is 292 g/mol. The average Bonchev–Trinajstić information content (AvgIpc) is 2.89. The van der Waals surface area contributed by atoms with E-state index in [2.05, 4.69) is 0 Å². The van der Waals surface area contributed by atoms with E-state index in [4.69, 9.17) is 11.1 Å². The lowest BCUT2D eigenvalue weighted by atomic mass is 10.00. The van der Waals surface area contributed by atoms with Crippen LogP contribution in [0.3, 0.4) is 0 Å². The second kappa shape index (κ2) is 5.11. The van der Waals surface area contributed by atoms with Gasteiger partial charge in [0.05, 0.1) is 6.04 Å². The number of benzene rings is 1. The van der Waals surface area contributed by atoms with E-state index in [0.29, 0.717) is 6.54 Å². The Hall–Kier alpha value is -1.95. The predicted octanol–water partition coefficient (Wildman–Crippen LogP) is 3.43. The van der Waals surface area contributed by atoms with Crippen LogP contribution in [0, 0.1) is 17.0 Å². The Morgan fingerprint density at radius 2 is 2.05 bits per heavy atom. The number of thiophene rings is 1. The molecule has 110 valence electrons. The molecule has 0 aliphatic carbocycles. The third kappa shape index (κ3) is 2.29. The number of halogens is 2. The molecule has 0 spiro atoms. The van der Waals surface area contributed by atoms with E-state index < -0.39 is 11.6 Å². The maximum absolute atomic E-state index is 14.3. The summed E-state index contributed by atoms with van der Waals surface area (Å²) in [4.78, 5) is 3.02. The van der Waals surface area contributed by atoms with Crippen LogP contribution < -0.4 is 10.6 Å². The molecule has 3 rings (SSSR count). The fourth-order valence-corrected chi connectivity index (χ4v) is 3.77. The predicted molar refractivity (Wildman–Crippen MR) is 81.2 cm³/mol. The van der Waals surface area contributed by atoms with Gasteiger partial charge in [-0.05, 0) is 42.5 Å². The van der Waals surface area contributed by atoms with Crippen LogP contribution in [0.15, 0.2) is 23.6 Å². The van der Waals surface area contributed by atoms with Gasteiger partial charge in [-0.3, -0.25) is 5.41 Å². The van der Waals surface area contributed by atoms with E-state index in [-0.39, 0.29) is 23.1 Å². The zero-order valence-electron chi connectivity index (χ0n) is 11.5. The molecule has 3 nitrogen and oxygen atoms in total. The molecule has 0 bridgehead atoms. The molecule has 0 amide bonds. The highest BCUT2D eigenvalue weighted by atomic mass is 32.1. The van der Waals surface area contributed by atoms with Crippen molar-refractivity contribution in [3.63, 3.8) is 0 Å². The number of nitrogen functional groups attached to an aromatic ring is 1. The van der Waals surface area contributed by atoms with Crippen LogP contribution in [-0.2, 0) is 6.42 Å². The second-order valence-corrected chi connectivity index (χ2v) is 6.12. The molecule has 1 aliphatic rings. The van der Waals surface area contributed by atoms with Crippen molar-refractivity contribution in [1.82, 2.24) is 0 Å². The van der Waals surface area contributed by atoms with Gasteiger partial charge >= 0.3 is 0 Å². The molecule has 6 heteroatoms. The molecule has 1 aromatic carbocycles. The maximum Gasteiger partial charge on any atom is 0.150 e. The number of nitrogens with one attached hydrogen (secondary N) is 1. The normalized spacial score (nSPS) is 17.7. The number of fused-ring (bicyclic) bond motifs is 1.